The number of nitrogens with zero attached hydrogens (tertiary/aromatic N) is 3. The predicted octanol–water partition coefficient (Wildman–Crippen LogP) is 4.58. The summed E-state index contributed by atoms with van der Waals surface area (Å²) in [7, 11) is 3.20. The predicted molar refractivity (Wildman–Crippen MR) is 158 cm³/mol. The third-order valence-electron chi connectivity index (χ3n) is 8.60. The Labute approximate surface area is 250 Å². The number of methoxy groups -OCH3 is 2. The van der Waals surface area contributed by atoms with Gasteiger partial charge in [-0.25, -0.2) is 9.80 Å². The van der Waals surface area contributed by atoms with E-state index >= 15 is 0 Å². The number of amides is 3. The van der Waals surface area contributed by atoms with Crippen LogP contribution in [-0.2, 0) is 16.0 Å². The number of hydrazone groups is 1. The Morgan fingerprint density at radius 3 is 2.40 bits per heavy atom. The molecule has 1 saturated heterocycles. The number of benzene rings is 2. The molecule has 224 valence electrons. The molecule has 2 aliphatic heterocycles. The molecule has 2 heterocycles. The zero-order valence-electron chi connectivity index (χ0n) is 23.9. The fraction of sp³-hybridized carbons (Fsp3) is 0.484. The number of fused-ring (bicyclic) bond motifs is 1. The molecule has 2 N–H and O–H groups in total. The van der Waals surface area contributed by atoms with E-state index in [9.17, 15) is 19.5 Å². The lowest BCUT2D eigenvalue weighted by Crippen LogP contribution is -2.55. The quantitative estimate of drug-likeness (QED) is 0.460. The van der Waals surface area contributed by atoms with Crippen molar-refractivity contribution in [2.75, 3.05) is 27.3 Å². The van der Waals surface area contributed by atoms with Gasteiger partial charge in [0.15, 0.2) is 11.5 Å². The van der Waals surface area contributed by atoms with Gasteiger partial charge in [-0.05, 0) is 61.6 Å². The van der Waals surface area contributed by atoms with Gasteiger partial charge in [0.2, 0.25) is 11.8 Å². The summed E-state index contributed by atoms with van der Waals surface area (Å²) in [5.41, 5.74) is 2.58. The molecule has 3 amide bonds. The number of nitrogens with one attached hydrogen (secondary N) is 1. The van der Waals surface area contributed by atoms with Gasteiger partial charge in [0.25, 0.3) is 0 Å². The van der Waals surface area contributed by atoms with Crippen LogP contribution in [0, 0.1) is 11.8 Å². The summed E-state index contributed by atoms with van der Waals surface area (Å²) in [5, 5.41) is 18.9. The maximum Gasteiger partial charge on any atom is 0.405 e. The third-order valence-corrected chi connectivity index (χ3v) is 8.84. The minimum atomic E-state index is -1.26. The number of carbonyl (C=O) groups excluding carboxylic acids is 2. The van der Waals surface area contributed by atoms with Crippen molar-refractivity contribution >= 4 is 35.2 Å². The van der Waals surface area contributed by atoms with E-state index in [0.29, 0.717) is 42.5 Å². The molecule has 0 radical (unpaired) electrons. The highest BCUT2D eigenvalue weighted by Gasteiger charge is 2.44. The lowest BCUT2D eigenvalue weighted by atomic mass is 9.73. The Kier molecular flexibility index (Phi) is 9.21. The van der Waals surface area contributed by atoms with Gasteiger partial charge >= 0.3 is 6.09 Å². The van der Waals surface area contributed by atoms with E-state index in [4.69, 9.17) is 26.2 Å². The van der Waals surface area contributed by atoms with E-state index in [-0.39, 0.29) is 36.1 Å². The topological polar surface area (TPSA) is 121 Å². The highest BCUT2D eigenvalue weighted by molar-refractivity contribution is 6.30. The van der Waals surface area contributed by atoms with Crippen LogP contribution in [0.3, 0.4) is 0 Å². The molecular weight excluding hydrogens is 560 g/mol. The summed E-state index contributed by atoms with van der Waals surface area (Å²) >= 11 is 6.10. The fourth-order valence-corrected chi connectivity index (χ4v) is 6.70. The van der Waals surface area contributed by atoms with Gasteiger partial charge in [-0.3, -0.25) is 9.59 Å². The van der Waals surface area contributed by atoms with E-state index < -0.39 is 12.1 Å². The van der Waals surface area contributed by atoms with E-state index in [2.05, 4.69) is 5.32 Å². The van der Waals surface area contributed by atoms with Crippen LogP contribution in [0.4, 0.5) is 4.79 Å². The Morgan fingerprint density at radius 2 is 1.74 bits per heavy atom. The molecule has 1 aliphatic carbocycles. The first-order valence-electron chi connectivity index (χ1n) is 14.5. The van der Waals surface area contributed by atoms with E-state index in [1.165, 1.54) is 0 Å². The number of halogens is 1. The second-order valence-electron chi connectivity index (χ2n) is 11.1. The van der Waals surface area contributed by atoms with E-state index in [0.717, 1.165) is 42.5 Å². The average Bonchev–Trinajstić information content (AvgIpc) is 3.00. The summed E-state index contributed by atoms with van der Waals surface area (Å²) in [4.78, 5) is 40.4. The molecule has 0 unspecified atom stereocenters. The molecule has 2 aromatic carbocycles. The summed E-state index contributed by atoms with van der Waals surface area (Å²) in [5.74, 6) is 0.941. The van der Waals surface area contributed by atoms with Crippen molar-refractivity contribution in [1.29, 1.82) is 0 Å². The molecule has 42 heavy (non-hydrogen) atoms. The van der Waals surface area contributed by atoms with Crippen LogP contribution in [0.25, 0.3) is 0 Å². The third kappa shape index (κ3) is 6.33. The first-order valence-corrected chi connectivity index (χ1v) is 14.8. The SMILES string of the molecule is COc1ccc(C2=NN(C3CCN(C(=O)[C@@H](Cc4cccc(Cl)c4)NC(=O)O)CC3)C(=O)[C@@H]3CCCC[C@H]23)cc1OC. The van der Waals surface area contributed by atoms with Crippen molar-refractivity contribution in [3.8, 4) is 11.5 Å². The molecule has 2 aromatic rings. The lowest BCUT2D eigenvalue weighted by molar-refractivity contribution is -0.143. The summed E-state index contributed by atoms with van der Waals surface area (Å²) in [6, 6.07) is 11.7. The minimum absolute atomic E-state index is 0.0524. The van der Waals surface area contributed by atoms with Crippen molar-refractivity contribution in [3.63, 3.8) is 0 Å². The van der Waals surface area contributed by atoms with Gasteiger partial charge in [0.1, 0.15) is 6.04 Å². The lowest BCUT2D eigenvalue weighted by Gasteiger charge is -2.43. The molecule has 5 rings (SSSR count). The maximum atomic E-state index is 13.7. The molecule has 10 nitrogen and oxygen atoms in total. The van der Waals surface area contributed by atoms with Gasteiger partial charge in [0, 0.05) is 41.9 Å². The Balaban J connectivity index is 1.33. The number of likely N-dealkylation sites (tertiary alicyclic amines) is 1. The summed E-state index contributed by atoms with van der Waals surface area (Å²) < 4.78 is 11.0. The van der Waals surface area contributed by atoms with Crippen molar-refractivity contribution in [2.24, 2.45) is 16.9 Å². The number of hydrogen-bond donors (Lipinski definition) is 2. The van der Waals surface area contributed by atoms with Gasteiger partial charge < -0.3 is 24.8 Å². The molecule has 0 aromatic heterocycles. The van der Waals surface area contributed by atoms with Crippen LogP contribution in [0.15, 0.2) is 47.6 Å². The normalized spacial score (nSPS) is 21.7. The van der Waals surface area contributed by atoms with Crippen LogP contribution >= 0.6 is 11.6 Å². The highest BCUT2D eigenvalue weighted by atomic mass is 35.5. The Morgan fingerprint density at radius 1 is 1.02 bits per heavy atom. The molecule has 3 atom stereocenters. The second kappa shape index (κ2) is 13.0. The number of rotatable bonds is 8. The van der Waals surface area contributed by atoms with Crippen LogP contribution in [0.1, 0.15) is 49.7 Å². The van der Waals surface area contributed by atoms with Gasteiger partial charge in [-0.1, -0.05) is 36.6 Å². The van der Waals surface area contributed by atoms with Gasteiger partial charge in [-0.2, -0.15) is 5.10 Å². The summed E-state index contributed by atoms with van der Waals surface area (Å²) in [6.07, 6.45) is 3.84. The monoisotopic (exact) mass is 596 g/mol. The number of piperidine rings is 1. The smallest absolute Gasteiger partial charge is 0.405 e. The van der Waals surface area contributed by atoms with Gasteiger partial charge in [-0.15, -0.1) is 0 Å². The number of carbonyl (C=O) groups is 3. The standard InChI is InChI=1S/C31H37ClN4O6/c1-41-26-11-10-20(18-27(26)42-2)28-23-8-3-4-9-24(23)29(37)36(34-28)22-12-14-35(15-13-22)30(38)25(33-31(39)40)17-19-6-5-7-21(32)16-19/h5-7,10-11,16,18,22-25,33H,3-4,8-9,12-15,17H2,1-2H3,(H,39,40)/t23-,24+,25+/m0/s1. The number of hydrogen-bond acceptors (Lipinski definition) is 6. The van der Waals surface area contributed by atoms with Crippen molar-refractivity contribution in [2.45, 2.75) is 57.0 Å². The Hall–Kier alpha value is -3.79. The summed E-state index contributed by atoms with van der Waals surface area (Å²) in [6.45, 7) is 0.797. The molecule has 11 heteroatoms. The number of carboxylic acid groups (broad SMARTS) is 1. The van der Waals surface area contributed by atoms with Crippen molar-refractivity contribution < 1.29 is 29.0 Å². The molecule has 1 saturated carbocycles. The molecule has 3 aliphatic rings. The highest BCUT2D eigenvalue weighted by Crippen LogP contribution is 2.40. The van der Waals surface area contributed by atoms with E-state index in [1.54, 1.807) is 42.3 Å². The van der Waals surface area contributed by atoms with Crippen molar-refractivity contribution in [1.82, 2.24) is 15.2 Å². The molecule has 0 bridgehead atoms. The maximum absolute atomic E-state index is 13.7. The minimum Gasteiger partial charge on any atom is -0.493 e. The number of ether oxygens (including phenoxy) is 2. The van der Waals surface area contributed by atoms with E-state index in [1.807, 2.05) is 24.3 Å². The molecule has 2 fully saturated rings. The zero-order chi connectivity index (χ0) is 29.8. The van der Waals surface area contributed by atoms with Crippen LogP contribution in [0.2, 0.25) is 5.02 Å². The van der Waals surface area contributed by atoms with Gasteiger partial charge in [0.05, 0.1) is 26.0 Å². The largest absolute Gasteiger partial charge is 0.493 e. The molecular formula is C31H37ClN4O6. The van der Waals surface area contributed by atoms with Crippen LogP contribution in [-0.4, -0.2) is 78.0 Å². The van der Waals surface area contributed by atoms with Crippen LogP contribution in [0.5, 0.6) is 11.5 Å². The van der Waals surface area contributed by atoms with Crippen molar-refractivity contribution in [3.05, 3.63) is 58.6 Å². The zero-order valence-corrected chi connectivity index (χ0v) is 24.7. The first kappa shape index (κ1) is 29.7. The van der Waals surface area contributed by atoms with Crippen LogP contribution < -0.4 is 14.8 Å². The molecule has 0 spiro atoms. The fourth-order valence-electron chi connectivity index (χ4n) is 6.49. The second-order valence-corrected chi connectivity index (χ2v) is 11.6. The average molecular weight is 597 g/mol. The Bertz CT molecular complexity index is 1360. The first-order chi connectivity index (χ1) is 20.3.